The van der Waals surface area contributed by atoms with Crippen LogP contribution in [0.1, 0.15) is 35.8 Å². The summed E-state index contributed by atoms with van der Waals surface area (Å²) < 4.78 is 0. The minimum absolute atomic E-state index is 0.111. The Morgan fingerprint density at radius 1 is 1.59 bits per heavy atom. The van der Waals surface area contributed by atoms with E-state index >= 15 is 0 Å². The lowest BCUT2D eigenvalue weighted by molar-refractivity contribution is 0.0695. The molecule has 6 heteroatoms. The number of aliphatic hydroxyl groups excluding tert-OH is 1. The van der Waals surface area contributed by atoms with E-state index in [0.29, 0.717) is 24.6 Å². The highest BCUT2D eigenvalue weighted by Crippen LogP contribution is 2.07. The van der Waals surface area contributed by atoms with Crippen LogP contribution in [0.5, 0.6) is 0 Å². The molecule has 0 amide bonds. The van der Waals surface area contributed by atoms with E-state index in [-0.39, 0.29) is 11.7 Å². The lowest BCUT2D eigenvalue weighted by Crippen LogP contribution is -2.11. The number of aryl methyl sites for hydroxylation is 1. The first-order chi connectivity index (χ1) is 8.00. The van der Waals surface area contributed by atoms with Gasteiger partial charge in [-0.15, -0.1) is 0 Å². The van der Waals surface area contributed by atoms with Crippen molar-refractivity contribution < 1.29 is 15.0 Å². The van der Waals surface area contributed by atoms with Gasteiger partial charge in [0, 0.05) is 12.7 Å². The number of nitrogens with one attached hydrogen (secondary N) is 1. The molecule has 1 aromatic heterocycles. The molecule has 94 valence electrons. The molecular formula is C11H17N3O3. The number of carboxylic acid groups (broad SMARTS) is 1. The molecule has 0 aliphatic rings. The molecule has 1 rings (SSSR count). The molecule has 0 saturated heterocycles. The van der Waals surface area contributed by atoms with E-state index in [4.69, 9.17) is 10.2 Å². The van der Waals surface area contributed by atoms with Gasteiger partial charge in [0.15, 0.2) is 0 Å². The minimum Gasteiger partial charge on any atom is -0.478 e. The highest BCUT2D eigenvalue weighted by atomic mass is 16.4. The van der Waals surface area contributed by atoms with Crippen LogP contribution in [0.15, 0.2) is 6.20 Å². The highest BCUT2D eigenvalue weighted by molar-refractivity contribution is 5.88. The van der Waals surface area contributed by atoms with E-state index < -0.39 is 5.97 Å². The van der Waals surface area contributed by atoms with Crippen LogP contribution in [0, 0.1) is 6.92 Å². The van der Waals surface area contributed by atoms with E-state index in [1.807, 2.05) is 0 Å². The molecule has 0 aromatic carbocycles. The number of carboxylic acids is 1. The van der Waals surface area contributed by atoms with Gasteiger partial charge in [-0.05, 0) is 26.7 Å². The third-order valence-electron chi connectivity index (χ3n) is 2.29. The molecule has 3 N–H and O–H groups in total. The van der Waals surface area contributed by atoms with Gasteiger partial charge in [-0.2, -0.15) is 0 Å². The van der Waals surface area contributed by atoms with Gasteiger partial charge in [0.2, 0.25) is 5.95 Å². The Bertz CT molecular complexity index is 394. The quantitative estimate of drug-likeness (QED) is 0.642. The van der Waals surface area contributed by atoms with E-state index in [9.17, 15) is 4.79 Å². The first-order valence-electron chi connectivity index (χ1n) is 5.49. The Morgan fingerprint density at radius 3 is 2.82 bits per heavy atom. The minimum atomic E-state index is -1.02. The van der Waals surface area contributed by atoms with Crippen molar-refractivity contribution in [2.75, 3.05) is 11.9 Å². The summed E-state index contributed by atoms with van der Waals surface area (Å²) >= 11 is 0. The average molecular weight is 239 g/mol. The van der Waals surface area contributed by atoms with Crippen molar-refractivity contribution in [3.63, 3.8) is 0 Å². The van der Waals surface area contributed by atoms with Crippen LogP contribution in [-0.4, -0.2) is 38.8 Å². The van der Waals surface area contributed by atoms with Crippen LogP contribution in [0.25, 0.3) is 0 Å². The lowest BCUT2D eigenvalue weighted by atomic mass is 10.2. The normalized spacial score (nSPS) is 12.2. The molecule has 0 aliphatic carbocycles. The fourth-order valence-corrected chi connectivity index (χ4v) is 1.36. The Balaban J connectivity index is 2.50. The van der Waals surface area contributed by atoms with Crippen LogP contribution in [-0.2, 0) is 0 Å². The first kappa shape index (κ1) is 13.4. The Hall–Kier alpha value is -1.69. The zero-order valence-corrected chi connectivity index (χ0v) is 9.97. The number of rotatable bonds is 6. The van der Waals surface area contributed by atoms with Crippen LogP contribution in [0.2, 0.25) is 0 Å². The summed E-state index contributed by atoms with van der Waals surface area (Å²) in [6, 6.07) is 0. The number of nitrogens with zero attached hydrogens (tertiary/aromatic N) is 2. The topological polar surface area (TPSA) is 95.3 Å². The summed E-state index contributed by atoms with van der Waals surface area (Å²) in [7, 11) is 0. The SMILES string of the molecule is Cc1nc(NCCCC(C)O)ncc1C(=O)O. The smallest absolute Gasteiger partial charge is 0.339 e. The van der Waals surface area contributed by atoms with Gasteiger partial charge < -0.3 is 15.5 Å². The predicted octanol–water partition coefficient (Wildman–Crippen LogP) is 1.06. The Labute approximate surface area is 99.7 Å². The van der Waals surface area contributed by atoms with Crippen LogP contribution in [0.4, 0.5) is 5.95 Å². The fraction of sp³-hybridized carbons (Fsp3) is 0.545. The van der Waals surface area contributed by atoms with Gasteiger partial charge in [0.1, 0.15) is 0 Å². The van der Waals surface area contributed by atoms with Gasteiger partial charge in [0.05, 0.1) is 17.4 Å². The molecule has 17 heavy (non-hydrogen) atoms. The molecule has 0 fully saturated rings. The van der Waals surface area contributed by atoms with Gasteiger partial charge in [-0.1, -0.05) is 0 Å². The zero-order valence-electron chi connectivity index (χ0n) is 9.97. The standard InChI is InChI=1S/C11H17N3O3/c1-7(15)4-3-5-12-11-13-6-9(10(16)17)8(2)14-11/h6-7,15H,3-5H2,1-2H3,(H,16,17)(H,12,13,14). The molecule has 1 heterocycles. The molecule has 6 nitrogen and oxygen atoms in total. The average Bonchev–Trinajstić information content (AvgIpc) is 2.23. The van der Waals surface area contributed by atoms with Crippen molar-refractivity contribution in [3.8, 4) is 0 Å². The Kier molecular flexibility index (Phi) is 4.84. The number of aromatic carboxylic acids is 1. The van der Waals surface area contributed by atoms with Crippen molar-refractivity contribution in [2.45, 2.75) is 32.8 Å². The predicted molar refractivity (Wildman–Crippen MR) is 63.1 cm³/mol. The number of hydrogen-bond donors (Lipinski definition) is 3. The second-order valence-electron chi connectivity index (χ2n) is 3.92. The number of aliphatic hydroxyl groups is 1. The number of carbonyl (C=O) groups is 1. The fourth-order valence-electron chi connectivity index (χ4n) is 1.36. The molecule has 1 unspecified atom stereocenters. The first-order valence-corrected chi connectivity index (χ1v) is 5.49. The van der Waals surface area contributed by atoms with Crippen molar-refractivity contribution >= 4 is 11.9 Å². The molecule has 0 radical (unpaired) electrons. The summed E-state index contributed by atoms with van der Waals surface area (Å²) in [6.45, 7) is 4.02. The second-order valence-corrected chi connectivity index (χ2v) is 3.92. The van der Waals surface area contributed by atoms with Crippen LogP contribution >= 0.6 is 0 Å². The van der Waals surface area contributed by atoms with Crippen LogP contribution in [0.3, 0.4) is 0 Å². The van der Waals surface area contributed by atoms with E-state index in [0.717, 1.165) is 6.42 Å². The maximum Gasteiger partial charge on any atom is 0.339 e. The highest BCUT2D eigenvalue weighted by Gasteiger charge is 2.09. The monoisotopic (exact) mass is 239 g/mol. The maximum atomic E-state index is 10.7. The van der Waals surface area contributed by atoms with Crippen molar-refractivity contribution in [1.82, 2.24) is 9.97 Å². The summed E-state index contributed by atoms with van der Waals surface area (Å²) in [6.07, 6.45) is 2.50. The largest absolute Gasteiger partial charge is 0.478 e. The van der Waals surface area contributed by atoms with E-state index in [1.54, 1.807) is 13.8 Å². The summed E-state index contributed by atoms with van der Waals surface area (Å²) in [5.74, 6) is -0.610. The van der Waals surface area contributed by atoms with Crippen LogP contribution < -0.4 is 5.32 Å². The zero-order chi connectivity index (χ0) is 12.8. The van der Waals surface area contributed by atoms with E-state index in [1.165, 1.54) is 6.20 Å². The summed E-state index contributed by atoms with van der Waals surface area (Å²) in [4.78, 5) is 18.7. The van der Waals surface area contributed by atoms with Crippen molar-refractivity contribution in [2.24, 2.45) is 0 Å². The second kappa shape index (κ2) is 6.15. The third kappa shape index (κ3) is 4.36. The molecule has 1 aromatic rings. The maximum absolute atomic E-state index is 10.7. The van der Waals surface area contributed by atoms with Crippen molar-refractivity contribution in [3.05, 3.63) is 17.5 Å². The van der Waals surface area contributed by atoms with Gasteiger partial charge in [-0.25, -0.2) is 14.8 Å². The summed E-state index contributed by atoms with van der Waals surface area (Å²) in [5.41, 5.74) is 0.546. The molecule has 0 bridgehead atoms. The van der Waals surface area contributed by atoms with E-state index in [2.05, 4.69) is 15.3 Å². The molecular weight excluding hydrogens is 222 g/mol. The van der Waals surface area contributed by atoms with Gasteiger partial charge in [0.25, 0.3) is 0 Å². The number of anilines is 1. The number of aromatic nitrogens is 2. The van der Waals surface area contributed by atoms with Gasteiger partial charge in [-0.3, -0.25) is 0 Å². The molecule has 0 aliphatic heterocycles. The molecule has 1 atom stereocenters. The number of hydrogen-bond acceptors (Lipinski definition) is 5. The molecule has 0 saturated carbocycles. The Morgan fingerprint density at radius 2 is 2.29 bits per heavy atom. The van der Waals surface area contributed by atoms with Crippen molar-refractivity contribution in [1.29, 1.82) is 0 Å². The van der Waals surface area contributed by atoms with Gasteiger partial charge >= 0.3 is 5.97 Å². The third-order valence-corrected chi connectivity index (χ3v) is 2.29. The molecule has 0 spiro atoms. The summed E-state index contributed by atoms with van der Waals surface area (Å²) in [5, 5.41) is 20.9. The lowest BCUT2D eigenvalue weighted by Gasteiger charge is -2.07.